The van der Waals surface area contributed by atoms with E-state index in [1.807, 2.05) is 0 Å². The first-order valence-electron chi connectivity index (χ1n) is 17.9. The van der Waals surface area contributed by atoms with Gasteiger partial charge in [-0.15, -0.1) is 0 Å². The second-order valence-corrected chi connectivity index (χ2v) is 13.8. The maximum atomic E-state index is 6.73. The Hall–Kier alpha value is -6.64. The Balaban J connectivity index is 1.31. The first kappa shape index (κ1) is 30.2. The predicted octanol–water partition coefficient (Wildman–Crippen LogP) is 13.3. The van der Waals surface area contributed by atoms with E-state index in [2.05, 4.69) is 206 Å². The predicted molar refractivity (Wildman–Crippen MR) is 214 cm³/mol. The molecule has 0 unspecified atom stereocenters. The topological polar surface area (TPSA) is 12.5 Å². The lowest BCUT2D eigenvalue weighted by Crippen LogP contribution is -2.39. The summed E-state index contributed by atoms with van der Waals surface area (Å²) in [5.74, 6) is 1.76. The first-order chi connectivity index (χ1) is 25.7. The molecule has 2 heterocycles. The van der Waals surface area contributed by atoms with Crippen molar-refractivity contribution in [3.8, 4) is 44.9 Å². The van der Waals surface area contributed by atoms with Crippen molar-refractivity contribution >= 4 is 17.1 Å². The van der Waals surface area contributed by atoms with Gasteiger partial charge in [-0.1, -0.05) is 151 Å². The summed E-state index contributed by atoms with van der Waals surface area (Å²) in [6.45, 7) is 2.14. The van der Waals surface area contributed by atoms with Gasteiger partial charge in [0.1, 0.15) is 11.5 Å². The standard InChI is InChI=1S/C50H35NO/c1-34-20-22-38(23-21-34)40-27-31-47-45(33-40)50(42-16-8-10-18-48(42)52-49-19-11-9-17-43(49)50)44-32-39(36-14-6-3-7-15-36)26-30-46(44)51(47)41-28-24-37(25-29-41)35-12-4-2-5-13-35/h2-33H,1H3. The van der Waals surface area contributed by atoms with Gasteiger partial charge in [0.2, 0.25) is 0 Å². The number of fused-ring (bicyclic) bond motifs is 8. The Labute approximate surface area is 304 Å². The minimum atomic E-state index is -0.665. The SMILES string of the molecule is Cc1ccc(-c2ccc3c(c2)C2(c4ccccc4Oc4ccccc42)c2cc(-c4ccccc4)ccc2N3c2ccc(-c3ccccc3)cc2)cc1. The molecule has 0 aliphatic carbocycles. The van der Waals surface area contributed by atoms with Gasteiger partial charge in [-0.25, -0.2) is 0 Å². The van der Waals surface area contributed by atoms with Crippen molar-refractivity contribution in [3.63, 3.8) is 0 Å². The van der Waals surface area contributed by atoms with Crippen molar-refractivity contribution in [1.29, 1.82) is 0 Å². The third-order valence-electron chi connectivity index (χ3n) is 10.8. The lowest BCUT2D eigenvalue weighted by atomic mass is 9.60. The van der Waals surface area contributed by atoms with Gasteiger partial charge in [0.05, 0.1) is 16.8 Å². The van der Waals surface area contributed by atoms with Crippen molar-refractivity contribution in [1.82, 2.24) is 0 Å². The zero-order chi connectivity index (χ0) is 34.6. The van der Waals surface area contributed by atoms with Crippen molar-refractivity contribution < 1.29 is 4.74 Å². The molecule has 52 heavy (non-hydrogen) atoms. The van der Waals surface area contributed by atoms with Crippen LogP contribution in [0.5, 0.6) is 11.5 Å². The Kier molecular flexibility index (Phi) is 6.97. The Bertz CT molecular complexity index is 2540. The molecule has 0 atom stereocenters. The fourth-order valence-electron chi connectivity index (χ4n) is 8.36. The van der Waals surface area contributed by atoms with E-state index in [4.69, 9.17) is 4.74 Å². The van der Waals surface area contributed by atoms with E-state index in [-0.39, 0.29) is 0 Å². The van der Waals surface area contributed by atoms with Crippen LogP contribution in [0.2, 0.25) is 0 Å². The Morgan fingerprint density at radius 2 is 0.769 bits per heavy atom. The van der Waals surface area contributed by atoms with Gasteiger partial charge in [-0.2, -0.15) is 0 Å². The zero-order valence-corrected chi connectivity index (χ0v) is 28.8. The summed E-state index contributed by atoms with van der Waals surface area (Å²) in [5, 5.41) is 0. The van der Waals surface area contributed by atoms with Gasteiger partial charge in [0.15, 0.2) is 0 Å². The first-order valence-corrected chi connectivity index (χ1v) is 17.9. The molecule has 0 N–H and O–H groups in total. The van der Waals surface area contributed by atoms with Crippen LogP contribution in [-0.4, -0.2) is 0 Å². The molecule has 0 bridgehead atoms. The van der Waals surface area contributed by atoms with Crippen LogP contribution in [0, 0.1) is 6.92 Å². The van der Waals surface area contributed by atoms with Crippen LogP contribution in [0.3, 0.4) is 0 Å². The third kappa shape index (κ3) is 4.65. The van der Waals surface area contributed by atoms with Gasteiger partial charge >= 0.3 is 0 Å². The molecule has 2 aliphatic heterocycles. The number of nitrogens with zero attached hydrogens (tertiary/aromatic N) is 1. The average Bonchev–Trinajstić information content (AvgIpc) is 3.21. The highest BCUT2D eigenvalue weighted by atomic mass is 16.5. The summed E-state index contributed by atoms with van der Waals surface area (Å²) in [4.78, 5) is 2.46. The highest BCUT2D eigenvalue weighted by Gasteiger charge is 2.51. The molecule has 0 amide bonds. The summed E-state index contributed by atoms with van der Waals surface area (Å²) in [5.41, 5.74) is 15.9. The number of hydrogen-bond donors (Lipinski definition) is 0. The van der Waals surface area contributed by atoms with Crippen LogP contribution < -0.4 is 9.64 Å². The van der Waals surface area contributed by atoms with Crippen molar-refractivity contribution in [3.05, 3.63) is 222 Å². The molecule has 0 fully saturated rings. The lowest BCUT2D eigenvalue weighted by molar-refractivity contribution is 0.434. The molecule has 8 aromatic carbocycles. The normalized spacial score (nSPS) is 13.4. The van der Waals surface area contributed by atoms with Gasteiger partial charge < -0.3 is 9.64 Å². The molecule has 2 heteroatoms. The van der Waals surface area contributed by atoms with E-state index in [1.165, 1.54) is 50.1 Å². The number of rotatable bonds is 4. The van der Waals surface area contributed by atoms with Gasteiger partial charge in [0.25, 0.3) is 0 Å². The van der Waals surface area contributed by atoms with Crippen LogP contribution in [0.15, 0.2) is 194 Å². The van der Waals surface area contributed by atoms with E-state index in [9.17, 15) is 0 Å². The largest absolute Gasteiger partial charge is 0.457 e. The second-order valence-electron chi connectivity index (χ2n) is 13.8. The highest BCUT2D eigenvalue weighted by Crippen LogP contribution is 2.63. The molecule has 246 valence electrons. The summed E-state index contributed by atoms with van der Waals surface area (Å²) < 4.78 is 6.73. The number of ether oxygens (including phenoxy) is 1. The van der Waals surface area contributed by atoms with Crippen LogP contribution in [0.1, 0.15) is 27.8 Å². The van der Waals surface area contributed by atoms with Crippen LogP contribution in [0.25, 0.3) is 33.4 Å². The fraction of sp³-hybridized carbons (Fsp3) is 0.0400. The van der Waals surface area contributed by atoms with Gasteiger partial charge in [-0.3, -0.25) is 0 Å². The zero-order valence-electron chi connectivity index (χ0n) is 28.8. The minimum absolute atomic E-state index is 0.665. The molecule has 10 rings (SSSR count). The van der Waals surface area contributed by atoms with E-state index in [0.29, 0.717) is 0 Å². The van der Waals surface area contributed by atoms with Crippen molar-refractivity contribution in [2.75, 3.05) is 4.90 Å². The Morgan fingerprint density at radius 1 is 0.365 bits per heavy atom. The molecule has 0 saturated carbocycles. The summed E-state index contributed by atoms with van der Waals surface area (Å²) in [6.07, 6.45) is 0. The lowest BCUT2D eigenvalue weighted by Gasteiger charge is -2.49. The average molecular weight is 666 g/mol. The molecule has 2 aliphatic rings. The fourth-order valence-corrected chi connectivity index (χ4v) is 8.36. The quantitative estimate of drug-likeness (QED) is 0.185. The van der Waals surface area contributed by atoms with E-state index >= 15 is 0 Å². The van der Waals surface area contributed by atoms with E-state index in [0.717, 1.165) is 39.7 Å². The molecule has 0 saturated heterocycles. The number of aryl methyl sites for hydroxylation is 1. The third-order valence-corrected chi connectivity index (χ3v) is 10.8. The summed E-state index contributed by atoms with van der Waals surface area (Å²) >= 11 is 0. The molecule has 2 nitrogen and oxygen atoms in total. The highest BCUT2D eigenvalue weighted by molar-refractivity contribution is 5.93. The van der Waals surface area contributed by atoms with Crippen LogP contribution >= 0.6 is 0 Å². The number of anilines is 3. The number of hydrogen-bond acceptors (Lipinski definition) is 2. The number of para-hydroxylation sites is 2. The maximum absolute atomic E-state index is 6.73. The van der Waals surface area contributed by atoms with E-state index < -0.39 is 5.41 Å². The minimum Gasteiger partial charge on any atom is -0.457 e. The molecule has 8 aromatic rings. The molecule has 1 spiro atoms. The van der Waals surface area contributed by atoms with Gasteiger partial charge in [-0.05, 0) is 100.0 Å². The van der Waals surface area contributed by atoms with E-state index in [1.54, 1.807) is 0 Å². The van der Waals surface area contributed by atoms with Crippen molar-refractivity contribution in [2.24, 2.45) is 0 Å². The smallest absolute Gasteiger partial charge is 0.132 e. The van der Waals surface area contributed by atoms with Crippen molar-refractivity contribution in [2.45, 2.75) is 12.3 Å². The van der Waals surface area contributed by atoms with Crippen LogP contribution in [0.4, 0.5) is 17.1 Å². The molecular formula is C50H35NO. The van der Waals surface area contributed by atoms with Gasteiger partial charge in [0, 0.05) is 16.8 Å². The second kappa shape index (κ2) is 12.0. The monoisotopic (exact) mass is 665 g/mol. The molecule has 0 radical (unpaired) electrons. The number of benzene rings is 8. The molecule has 0 aromatic heterocycles. The Morgan fingerprint density at radius 3 is 1.31 bits per heavy atom. The molecular weight excluding hydrogens is 631 g/mol. The summed E-state index contributed by atoms with van der Waals surface area (Å²) in [6, 6.07) is 70.5. The maximum Gasteiger partial charge on any atom is 0.132 e. The summed E-state index contributed by atoms with van der Waals surface area (Å²) in [7, 11) is 0. The van der Waals surface area contributed by atoms with Crippen LogP contribution in [-0.2, 0) is 5.41 Å².